The molecule has 0 bridgehead atoms. The molecule has 0 atom stereocenters. The summed E-state index contributed by atoms with van der Waals surface area (Å²) in [6.45, 7) is 5.49. The van der Waals surface area contributed by atoms with E-state index in [9.17, 15) is 12.8 Å². The van der Waals surface area contributed by atoms with Crippen molar-refractivity contribution in [1.29, 1.82) is 0 Å². The third-order valence-electron chi connectivity index (χ3n) is 3.65. The van der Waals surface area contributed by atoms with Crippen LogP contribution in [-0.4, -0.2) is 19.0 Å². The smallest absolute Gasteiger partial charge is 0.268 e. The second kappa shape index (κ2) is 6.22. The average molecular weight is 411 g/mol. The lowest BCUT2D eigenvalue weighted by molar-refractivity contribution is 0.362. The minimum atomic E-state index is -3.89. The van der Waals surface area contributed by atoms with E-state index in [-0.39, 0.29) is 11.5 Å². The Labute approximate surface area is 148 Å². The van der Waals surface area contributed by atoms with E-state index in [1.54, 1.807) is 25.1 Å². The fraction of sp³-hybridized carbons (Fsp3) is 0.118. The minimum Gasteiger partial charge on any atom is -0.491 e. The molecular formula is C17H14BrFNO3S. The van der Waals surface area contributed by atoms with E-state index < -0.39 is 15.8 Å². The highest BCUT2D eigenvalue weighted by atomic mass is 79.9. The number of rotatable bonds is 4. The summed E-state index contributed by atoms with van der Waals surface area (Å²) in [5.74, 6) is -0.0277. The maximum Gasteiger partial charge on any atom is 0.268 e. The number of hydrogen-bond donors (Lipinski definition) is 0. The number of halogens is 2. The number of aromatic nitrogens is 1. The summed E-state index contributed by atoms with van der Waals surface area (Å²) < 4.78 is 46.8. The molecule has 0 unspecified atom stereocenters. The van der Waals surface area contributed by atoms with Gasteiger partial charge in [0.25, 0.3) is 10.0 Å². The summed E-state index contributed by atoms with van der Waals surface area (Å²) in [6.07, 6.45) is 0. The minimum absolute atomic E-state index is 0.00740. The van der Waals surface area contributed by atoms with E-state index in [2.05, 4.69) is 22.9 Å². The molecule has 125 valence electrons. The van der Waals surface area contributed by atoms with Crippen molar-refractivity contribution in [2.45, 2.75) is 11.8 Å². The highest BCUT2D eigenvalue weighted by molar-refractivity contribution is 9.10. The molecule has 1 aromatic heterocycles. The van der Waals surface area contributed by atoms with Crippen LogP contribution in [0.3, 0.4) is 0 Å². The fourth-order valence-corrected chi connectivity index (χ4v) is 4.55. The number of ether oxygens (including phenoxy) is 1. The third kappa shape index (κ3) is 2.71. The normalized spacial score (nSPS) is 11.8. The zero-order valence-electron chi connectivity index (χ0n) is 12.8. The van der Waals surface area contributed by atoms with E-state index in [4.69, 9.17) is 4.74 Å². The molecule has 0 N–H and O–H groups in total. The quantitative estimate of drug-likeness (QED) is 0.643. The van der Waals surface area contributed by atoms with Gasteiger partial charge in [-0.15, -0.1) is 0 Å². The Balaban J connectivity index is 2.33. The van der Waals surface area contributed by atoms with Crippen LogP contribution in [0.2, 0.25) is 0 Å². The SMILES string of the molecule is [CH2]COc1c(C)n(S(=O)(=O)c2ccc(F)cc2)c2ccc(Br)cc12. The Morgan fingerprint density at radius 2 is 1.88 bits per heavy atom. The van der Waals surface area contributed by atoms with E-state index in [0.29, 0.717) is 22.3 Å². The van der Waals surface area contributed by atoms with Crippen LogP contribution < -0.4 is 4.74 Å². The molecule has 4 nitrogen and oxygen atoms in total. The van der Waals surface area contributed by atoms with Gasteiger partial charge in [0.15, 0.2) is 0 Å². The maximum absolute atomic E-state index is 13.1. The summed E-state index contributed by atoms with van der Waals surface area (Å²) in [4.78, 5) is 0.00740. The molecule has 0 amide bonds. The molecular weight excluding hydrogens is 397 g/mol. The van der Waals surface area contributed by atoms with Gasteiger partial charge in [0.05, 0.1) is 22.7 Å². The predicted molar refractivity (Wildman–Crippen MR) is 94.2 cm³/mol. The second-order valence-electron chi connectivity index (χ2n) is 5.15. The van der Waals surface area contributed by atoms with Gasteiger partial charge in [-0.2, -0.15) is 0 Å². The van der Waals surface area contributed by atoms with E-state index >= 15 is 0 Å². The molecule has 7 heteroatoms. The topological polar surface area (TPSA) is 48.3 Å². The van der Waals surface area contributed by atoms with Crippen molar-refractivity contribution in [3.8, 4) is 5.75 Å². The largest absolute Gasteiger partial charge is 0.491 e. The van der Waals surface area contributed by atoms with E-state index in [1.165, 1.54) is 16.1 Å². The summed E-state index contributed by atoms with van der Waals surface area (Å²) in [5.41, 5.74) is 0.930. The Morgan fingerprint density at radius 1 is 1.21 bits per heavy atom. The molecule has 0 fully saturated rings. The van der Waals surface area contributed by atoms with Gasteiger partial charge in [0, 0.05) is 9.86 Å². The molecule has 3 aromatic rings. The molecule has 0 aliphatic carbocycles. The second-order valence-corrected chi connectivity index (χ2v) is 7.85. The van der Waals surface area contributed by atoms with Gasteiger partial charge in [-0.25, -0.2) is 16.8 Å². The molecule has 2 aromatic carbocycles. The zero-order chi connectivity index (χ0) is 17.5. The van der Waals surface area contributed by atoms with Crippen molar-refractivity contribution >= 4 is 36.9 Å². The van der Waals surface area contributed by atoms with Crippen molar-refractivity contribution in [2.75, 3.05) is 6.61 Å². The van der Waals surface area contributed by atoms with Gasteiger partial charge in [-0.3, -0.25) is 0 Å². The first-order valence-electron chi connectivity index (χ1n) is 7.10. The predicted octanol–water partition coefficient (Wildman–Crippen LogP) is 4.30. The van der Waals surface area contributed by atoms with Gasteiger partial charge in [-0.1, -0.05) is 15.9 Å². The van der Waals surface area contributed by atoms with Crippen molar-refractivity contribution < 1.29 is 17.5 Å². The molecule has 24 heavy (non-hydrogen) atoms. The molecule has 0 spiro atoms. The maximum atomic E-state index is 13.1. The van der Waals surface area contributed by atoms with Crippen LogP contribution in [0.4, 0.5) is 4.39 Å². The van der Waals surface area contributed by atoms with Crippen LogP contribution >= 0.6 is 15.9 Å². The molecule has 0 aliphatic heterocycles. The zero-order valence-corrected chi connectivity index (χ0v) is 15.2. The average Bonchev–Trinajstić information content (AvgIpc) is 2.81. The molecule has 0 aliphatic rings. The number of benzene rings is 2. The Kier molecular flexibility index (Phi) is 4.40. The molecule has 3 rings (SSSR count). The lowest BCUT2D eigenvalue weighted by atomic mass is 10.2. The molecule has 1 heterocycles. The van der Waals surface area contributed by atoms with Crippen molar-refractivity contribution in [3.63, 3.8) is 0 Å². The number of nitrogens with zero attached hydrogens (tertiary/aromatic N) is 1. The summed E-state index contributed by atoms with van der Waals surface area (Å²) in [6, 6.07) is 9.99. The fourth-order valence-electron chi connectivity index (χ4n) is 2.64. The highest BCUT2D eigenvalue weighted by Crippen LogP contribution is 2.37. The van der Waals surface area contributed by atoms with Crippen LogP contribution in [-0.2, 0) is 10.0 Å². The summed E-state index contributed by atoms with van der Waals surface area (Å²) in [5, 5.41) is 0.663. The van der Waals surface area contributed by atoms with Crippen LogP contribution in [0.15, 0.2) is 51.8 Å². The summed E-state index contributed by atoms with van der Waals surface area (Å²) >= 11 is 3.38. The van der Waals surface area contributed by atoms with E-state index in [0.717, 1.165) is 16.6 Å². The highest BCUT2D eigenvalue weighted by Gasteiger charge is 2.25. The number of hydrogen-bond acceptors (Lipinski definition) is 3. The summed E-state index contributed by atoms with van der Waals surface area (Å²) in [7, 11) is -3.89. The Bertz CT molecular complexity index is 1010. The van der Waals surface area contributed by atoms with Gasteiger partial charge in [0.2, 0.25) is 0 Å². The monoisotopic (exact) mass is 410 g/mol. The van der Waals surface area contributed by atoms with Gasteiger partial charge in [0.1, 0.15) is 11.6 Å². The lowest BCUT2D eigenvalue weighted by Gasteiger charge is -2.10. The first-order valence-corrected chi connectivity index (χ1v) is 9.33. The molecule has 1 radical (unpaired) electrons. The van der Waals surface area contributed by atoms with Crippen LogP contribution in [0.1, 0.15) is 5.69 Å². The lowest BCUT2D eigenvalue weighted by Crippen LogP contribution is -2.14. The van der Waals surface area contributed by atoms with Crippen molar-refractivity contribution in [1.82, 2.24) is 3.97 Å². The first-order chi connectivity index (χ1) is 11.4. The van der Waals surface area contributed by atoms with Crippen molar-refractivity contribution in [3.05, 3.63) is 65.4 Å². The Morgan fingerprint density at radius 3 is 2.50 bits per heavy atom. The van der Waals surface area contributed by atoms with Crippen LogP contribution in [0.5, 0.6) is 5.75 Å². The van der Waals surface area contributed by atoms with Crippen LogP contribution in [0.25, 0.3) is 10.9 Å². The van der Waals surface area contributed by atoms with Crippen molar-refractivity contribution in [2.24, 2.45) is 0 Å². The van der Waals surface area contributed by atoms with Gasteiger partial charge >= 0.3 is 0 Å². The molecule has 0 saturated carbocycles. The standard InChI is InChI=1S/C17H14BrFNO3S/c1-3-23-17-11(2)20(16-9-4-12(18)10-15(16)17)24(21,22)14-7-5-13(19)6-8-14/h4-10H,1,3H2,2H3. The molecule has 0 saturated heterocycles. The van der Waals surface area contributed by atoms with Gasteiger partial charge in [-0.05, 0) is 56.3 Å². The van der Waals surface area contributed by atoms with E-state index in [1.807, 2.05) is 0 Å². The third-order valence-corrected chi connectivity index (χ3v) is 5.97. The Hall–Kier alpha value is -1.86. The van der Waals surface area contributed by atoms with Crippen LogP contribution in [0, 0.1) is 19.7 Å². The van der Waals surface area contributed by atoms with Gasteiger partial charge < -0.3 is 4.74 Å². The number of fused-ring (bicyclic) bond motifs is 1. The first kappa shape index (κ1) is 17.0.